The van der Waals surface area contributed by atoms with Crippen LogP contribution in [0.4, 0.5) is 5.82 Å². The van der Waals surface area contributed by atoms with Crippen LogP contribution in [-0.4, -0.2) is 35.1 Å². The maximum atomic E-state index is 8.80. The number of nitriles is 1. The Morgan fingerprint density at radius 2 is 2.43 bits per heavy atom. The van der Waals surface area contributed by atoms with Gasteiger partial charge in [0.2, 0.25) is 0 Å². The van der Waals surface area contributed by atoms with E-state index in [0.717, 1.165) is 0 Å². The van der Waals surface area contributed by atoms with E-state index < -0.39 is 0 Å². The summed E-state index contributed by atoms with van der Waals surface area (Å²) in [4.78, 5) is 6.00. The number of rotatable bonds is 3. The molecule has 0 aromatic carbocycles. The van der Waals surface area contributed by atoms with Crippen LogP contribution in [0, 0.1) is 11.3 Å². The molecule has 1 rings (SSSR count). The van der Waals surface area contributed by atoms with Crippen molar-refractivity contribution in [2.75, 3.05) is 14.1 Å². The summed E-state index contributed by atoms with van der Waals surface area (Å²) in [5.41, 5.74) is 0.505. The highest BCUT2D eigenvalue weighted by Crippen LogP contribution is 2.16. The van der Waals surface area contributed by atoms with Gasteiger partial charge in [-0.1, -0.05) is 0 Å². The third-order valence-corrected chi connectivity index (χ3v) is 1.64. The van der Waals surface area contributed by atoms with Gasteiger partial charge in [0.1, 0.15) is 11.6 Å². The van der Waals surface area contributed by atoms with E-state index in [1.807, 2.05) is 25.9 Å². The van der Waals surface area contributed by atoms with Crippen molar-refractivity contribution in [2.45, 2.75) is 13.5 Å². The van der Waals surface area contributed by atoms with Crippen molar-refractivity contribution in [2.24, 2.45) is 4.99 Å². The summed E-state index contributed by atoms with van der Waals surface area (Å²) in [7, 11) is 3.75. The highest BCUT2D eigenvalue weighted by Gasteiger charge is 2.06. The summed E-state index contributed by atoms with van der Waals surface area (Å²) < 4.78 is 1.69. The molecule has 0 fully saturated rings. The average Bonchev–Trinajstić information content (AvgIpc) is 2.56. The molecule has 0 N–H and O–H groups in total. The van der Waals surface area contributed by atoms with Gasteiger partial charge in [-0.05, 0) is 6.92 Å². The minimum absolute atomic E-state index is 0.505. The molecule has 14 heavy (non-hydrogen) atoms. The second-order valence-corrected chi connectivity index (χ2v) is 3.02. The van der Waals surface area contributed by atoms with E-state index in [2.05, 4.69) is 16.2 Å². The summed E-state index contributed by atoms with van der Waals surface area (Å²) >= 11 is 0. The Balaban J connectivity index is 3.04. The highest BCUT2D eigenvalue weighted by molar-refractivity contribution is 5.62. The Kier molecular flexibility index (Phi) is 3.24. The largest absolute Gasteiger partial charge is 0.369 e. The summed E-state index contributed by atoms with van der Waals surface area (Å²) in [6.07, 6.45) is 3.19. The van der Waals surface area contributed by atoms with E-state index >= 15 is 0 Å². The lowest BCUT2D eigenvalue weighted by Gasteiger charge is -2.03. The summed E-state index contributed by atoms with van der Waals surface area (Å²) in [6, 6.07) is 2.06. The molecule has 5 heteroatoms. The third-order valence-electron chi connectivity index (χ3n) is 1.64. The number of hydrogen-bond acceptors (Lipinski definition) is 3. The van der Waals surface area contributed by atoms with Crippen LogP contribution in [0.2, 0.25) is 0 Å². The number of hydrogen-bond donors (Lipinski definition) is 0. The Labute approximate surface area is 83.3 Å². The van der Waals surface area contributed by atoms with Gasteiger partial charge in [0.15, 0.2) is 5.82 Å². The molecular weight excluding hydrogens is 178 g/mol. The van der Waals surface area contributed by atoms with E-state index in [4.69, 9.17) is 5.26 Å². The van der Waals surface area contributed by atoms with Crippen LogP contribution < -0.4 is 0 Å². The van der Waals surface area contributed by atoms with Crippen LogP contribution in [0.3, 0.4) is 0 Å². The summed E-state index contributed by atoms with van der Waals surface area (Å²) in [5.74, 6) is 0.615. The number of aromatic nitrogens is 2. The van der Waals surface area contributed by atoms with E-state index in [-0.39, 0.29) is 0 Å². The average molecular weight is 191 g/mol. The fourth-order valence-electron chi connectivity index (χ4n) is 0.996. The zero-order chi connectivity index (χ0) is 10.6. The van der Waals surface area contributed by atoms with Crippen LogP contribution in [0.5, 0.6) is 0 Å². The van der Waals surface area contributed by atoms with E-state index in [0.29, 0.717) is 17.9 Å². The zero-order valence-corrected chi connectivity index (χ0v) is 8.60. The van der Waals surface area contributed by atoms with Gasteiger partial charge in [-0.2, -0.15) is 10.4 Å². The normalized spacial score (nSPS) is 10.4. The first-order valence-corrected chi connectivity index (χ1v) is 4.35. The molecule has 0 spiro atoms. The van der Waals surface area contributed by atoms with Crippen LogP contribution in [-0.2, 0) is 6.54 Å². The molecule has 5 nitrogen and oxygen atoms in total. The quantitative estimate of drug-likeness (QED) is 0.529. The molecule has 0 aliphatic rings. The summed E-state index contributed by atoms with van der Waals surface area (Å²) in [6.45, 7) is 2.67. The van der Waals surface area contributed by atoms with Crippen molar-refractivity contribution in [3.63, 3.8) is 0 Å². The summed E-state index contributed by atoms with van der Waals surface area (Å²) in [5, 5.41) is 12.8. The molecule has 0 unspecified atom stereocenters. The first kappa shape index (κ1) is 10.3. The van der Waals surface area contributed by atoms with Gasteiger partial charge >= 0.3 is 0 Å². The topological polar surface area (TPSA) is 57.2 Å². The lowest BCUT2D eigenvalue weighted by atomic mass is 10.4. The van der Waals surface area contributed by atoms with Gasteiger partial charge in [-0.15, -0.1) is 0 Å². The minimum atomic E-state index is 0.505. The molecule has 0 saturated carbocycles. The van der Waals surface area contributed by atoms with Crippen LogP contribution in [0.15, 0.2) is 11.2 Å². The van der Waals surface area contributed by atoms with Crippen LogP contribution >= 0.6 is 0 Å². The van der Waals surface area contributed by atoms with Gasteiger partial charge in [0.05, 0.1) is 12.5 Å². The first-order valence-electron chi connectivity index (χ1n) is 4.35. The number of nitrogens with zero attached hydrogens (tertiary/aromatic N) is 5. The van der Waals surface area contributed by atoms with Gasteiger partial charge in [-0.3, -0.25) is 0 Å². The molecule has 1 aromatic heterocycles. The molecule has 0 aliphatic heterocycles. The number of aryl methyl sites for hydroxylation is 1. The molecular formula is C9H13N5. The predicted molar refractivity (Wildman–Crippen MR) is 54.5 cm³/mol. The second-order valence-electron chi connectivity index (χ2n) is 3.02. The van der Waals surface area contributed by atoms with E-state index in [1.54, 1.807) is 11.0 Å². The third kappa shape index (κ3) is 2.10. The standard InChI is InChI=1S/C9H13N5/c1-4-14-9(11-7-13(2)3)8(5-10)6-12-14/h6-7H,4H2,1-3H3/b11-7+. The number of aliphatic imine (C=N–C) groups is 1. The van der Waals surface area contributed by atoms with Crippen molar-refractivity contribution in [3.05, 3.63) is 11.8 Å². The molecule has 0 atom stereocenters. The lowest BCUT2D eigenvalue weighted by molar-refractivity contribution is 0.635. The Morgan fingerprint density at radius 1 is 1.71 bits per heavy atom. The van der Waals surface area contributed by atoms with E-state index in [1.165, 1.54) is 6.20 Å². The molecule has 0 radical (unpaired) electrons. The molecule has 0 amide bonds. The Hall–Kier alpha value is -1.83. The van der Waals surface area contributed by atoms with Crippen molar-refractivity contribution in [3.8, 4) is 6.07 Å². The van der Waals surface area contributed by atoms with Gasteiger partial charge in [0, 0.05) is 20.6 Å². The minimum Gasteiger partial charge on any atom is -0.369 e. The Bertz CT molecular complexity index is 369. The monoisotopic (exact) mass is 191 g/mol. The fraction of sp³-hybridized carbons (Fsp3) is 0.444. The smallest absolute Gasteiger partial charge is 0.170 e. The van der Waals surface area contributed by atoms with Gasteiger partial charge < -0.3 is 4.90 Å². The van der Waals surface area contributed by atoms with Crippen molar-refractivity contribution in [1.82, 2.24) is 14.7 Å². The zero-order valence-electron chi connectivity index (χ0n) is 8.60. The molecule has 1 heterocycles. The molecule has 0 bridgehead atoms. The van der Waals surface area contributed by atoms with Crippen molar-refractivity contribution in [1.29, 1.82) is 5.26 Å². The fourth-order valence-corrected chi connectivity index (χ4v) is 0.996. The Morgan fingerprint density at radius 3 is 2.93 bits per heavy atom. The maximum Gasteiger partial charge on any atom is 0.170 e. The lowest BCUT2D eigenvalue weighted by Crippen LogP contribution is -2.07. The predicted octanol–water partition coefficient (Wildman–Crippen LogP) is 0.996. The first-order chi connectivity index (χ1) is 6.69. The van der Waals surface area contributed by atoms with Crippen LogP contribution in [0.25, 0.3) is 0 Å². The van der Waals surface area contributed by atoms with Crippen molar-refractivity contribution >= 4 is 12.2 Å². The highest BCUT2D eigenvalue weighted by atomic mass is 15.3. The molecule has 0 saturated heterocycles. The van der Waals surface area contributed by atoms with Gasteiger partial charge in [0.25, 0.3) is 0 Å². The molecule has 0 aliphatic carbocycles. The van der Waals surface area contributed by atoms with E-state index in [9.17, 15) is 0 Å². The SMILES string of the molecule is CCn1ncc(C#N)c1/N=C/N(C)C. The second kappa shape index (κ2) is 4.42. The maximum absolute atomic E-state index is 8.80. The molecule has 1 aromatic rings. The van der Waals surface area contributed by atoms with Gasteiger partial charge in [-0.25, -0.2) is 9.67 Å². The van der Waals surface area contributed by atoms with Crippen LogP contribution in [0.1, 0.15) is 12.5 Å². The molecule has 74 valence electrons. The van der Waals surface area contributed by atoms with Crippen molar-refractivity contribution < 1.29 is 0 Å².